The van der Waals surface area contributed by atoms with Crippen molar-refractivity contribution in [1.82, 2.24) is 0 Å². The van der Waals surface area contributed by atoms with Crippen molar-refractivity contribution in [2.45, 2.75) is 40.0 Å². The van der Waals surface area contributed by atoms with Gasteiger partial charge < -0.3 is 14.5 Å². The number of hydrogen-bond acceptors (Lipinski definition) is 5. The third kappa shape index (κ3) is 7.98. The van der Waals surface area contributed by atoms with Crippen molar-refractivity contribution in [3.63, 3.8) is 0 Å². The lowest BCUT2D eigenvalue weighted by molar-refractivity contribution is 0.316. The first-order valence-electron chi connectivity index (χ1n) is 13.2. The summed E-state index contributed by atoms with van der Waals surface area (Å²) in [4.78, 5) is 4.68. The fourth-order valence-corrected chi connectivity index (χ4v) is 5.18. The summed E-state index contributed by atoms with van der Waals surface area (Å²) in [6, 6.07) is 25.7. The van der Waals surface area contributed by atoms with Crippen LogP contribution >= 0.6 is 0 Å². The Hall–Kier alpha value is -3.03. The second-order valence-corrected chi connectivity index (χ2v) is 10.6. The van der Waals surface area contributed by atoms with Gasteiger partial charge >= 0.3 is 0 Å². The summed E-state index contributed by atoms with van der Waals surface area (Å²) in [6.45, 7) is 12.8. The average molecular weight is 525 g/mol. The molecule has 0 aliphatic heterocycles. The molecule has 0 aromatic heterocycles. The smallest absolute Gasteiger partial charge is 0.264 e. The Kier molecular flexibility index (Phi) is 10.4. The van der Waals surface area contributed by atoms with E-state index in [0.29, 0.717) is 5.75 Å². The van der Waals surface area contributed by atoms with Gasteiger partial charge in [0.05, 0.1) is 12.4 Å². The van der Waals surface area contributed by atoms with Gasteiger partial charge in [-0.2, -0.15) is 8.42 Å². The Morgan fingerprint density at radius 1 is 0.676 bits per heavy atom. The Balaban J connectivity index is 1.89. The molecular weight excluding hydrogens is 484 g/mol. The summed E-state index contributed by atoms with van der Waals surface area (Å²) in [5, 5.41) is 0. The third-order valence-electron chi connectivity index (χ3n) is 6.74. The standard InChI is InChI=1S/C30H40N2O4S/c1-5-31(6-2)27-16-10-24(11-17-27)30(25-12-18-28(19-13-25)32(7-3)8-4)26-14-20-29(21-15-26)36-22-9-23-37(33,34)35/h10-21,30H,5-9,22-23H2,1-4H3,(H,33,34,35). The van der Waals surface area contributed by atoms with Crippen LogP contribution in [0.15, 0.2) is 72.8 Å². The first-order valence-corrected chi connectivity index (χ1v) is 14.8. The normalized spacial score (nSPS) is 11.5. The van der Waals surface area contributed by atoms with Gasteiger partial charge in [-0.3, -0.25) is 4.55 Å². The zero-order valence-electron chi connectivity index (χ0n) is 22.4. The zero-order chi connectivity index (χ0) is 26.8. The highest BCUT2D eigenvalue weighted by Crippen LogP contribution is 2.35. The second kappa shape index (κ2) is 13.5. The van der Waals surface area contributed by atoms with Gasteiger partial charge in [0.1, 0.15) is 5.75 Å². The van der Waals surface area contributed by atoms with Crippen LogP contribution in [0.25, 0.3) is 0 Å². The Bertz CT molecular complexity index is 1130. The molecule has 200 valence electrons. The minimum Gasteiger partial charge on any atom is -0.494 e. The number of ether oxygens (including phenoxy) is 1. The van der Waals surface area contributed by atoms with Crippen LogP contribution in [0.2, 0.25) is 0 Å². The lowest BCUT2D eigenvalue weighted by Crippen LogP contribution is -2.21. The van der Waals surface area contributed by atoms with Gasteiger partial charge in [0.15, 0.2) is 0 Å². The van der Waals surface area contributed by atoms with Crippen LogP contribution in [0.1, 0.15) is 56.7 Å². The largest absolute Gasteiger partial charge is 0.494 e. The van der Waals surface area contributed by atoms with Gasteiger partial charge in [0, 0.05) is 43.5 Å². The van der Waals surface area contributed by atoms with Crippen molar-refractivity contribution in [3.05, 3.63) is 89.5 Å². The van der Waals surface area contributed by atoms with Crippen LogP contribution in [-0.2, 0) is 10.1 Å². The van der Waals surface area contributed by atoms with E-state index in [0.717, 1.165) is 31.7 Å². The maximum absolute atomic E-state index is 10.9. The monoisotopic (exact) mass is 524 g/mol. The highest BCUT2D eigenvalue weighted by molar-refractivity contribution is 7.85. The minimum absolute atomic E-state index is 0.0603. The van der Waals surface area contributed by atoms with Crippen LogP contribution in [0.5, 0.6) is 5.75 Å². The predicted molar refractivity (Wildman–Crippen MR) is 154 cm³/mol. The van der Waals surface area contributed by atoms with Crippen LogP contribution in [0, 0.1) is 0 Å². The lowest BCUT2D eigenvalue weighted by Gasteiger charge is -2.25. The van der Waals surface area contributed by atoms with E-state index >= 15 is 0 Å². The van der Waals surface area contributed by atoms with Gasteiger partial charge in [-0.1, -0.05) is 36.4 Å². The van der Waals surface area contributed by atoms with E-state index in [4.69, 9.17) is 9.29 Å². The fraction of sp³-hybridized carbons (Fsp3) is 0.400. The summed E-state index contributed by atoms with van der Waals surface area (Å²) >= 11 is 0. The molecule has 0 aliphatic carbocycles. The molecule has 3 aromatic rings. The number of hydrogen-bond donors (Lipinski definition) is 1. The highest BCUT2D eigenvalue weighted by Gasteiger charge is 2.18. The molecule has 3 aromatic carbocycles. The van der Waals surface area contributed by atoms with Crippen LogP contribution in [-0.4, -0.2) is 51.5 Å². The molecule has 1 N–H and O–H groups in total. The summed E-state index contributed by atoms with van der Waals surface area (Å²) in [5.41, 5.74) is 6.02. The van der Waals surface area contributed by atoms with Gasteiger partial charge in [-0.05, 0) is 87.2 Å². The van der Waals surface area contributed by atoms with E-state index in [1.54, 1.807) is 0 Å². The summed E-state index contributed by atoms with van der Waals surface area (Å²) < 4.78 is 36.4. The fourth-order valence-electron chi connectivity index (χ4n) is 4.70. The maximum Gasteiger partial charge on any atom is 0.264 e. The molecule has 0 fully saturated rings. The van der Waals surface area contributed by atoms with Crippen LogP contribution < -0.4 is 14.5 Å². The lowest BCUT2D eigenvalue weighted by atomic mass is 9.85. The SMILES string of the molecule is CCN(CC)c1ccc(C(c2ccc(OCCCS(=O)(=O)O)cc2)c2ccc(N(CC)CC)cc2)cc1. The molecular formula is C30H40N2O4S. The number of benzene rings is 3. The molecule has 0 atom stereocenters. The van der Waals surface area contributed by atoms with Gasteiger partial charge in [-0.15, -0.1) is 0 Å². The van der Waals surface area contributed by atoms with Crippen molar-refractivity contribution in [2.24, 2.45) is 0 Å². The van der Waals surface area contributed by atoms with Crippen molar-refractivity contribution in [2.75, 3.05) is 48.3 Å². The minimum atomic E-state index is -3.97. The molecule has 0 radical (unpaired) electrons. The van der Waals surface area contributed by atoms with Crippen molar-refractivity contribution in [3.8, 4) is 5.75 Å². The topological polar surface area (TPSA) is 70.1 Å². The number of nitrogens with zero attached hydrogens (tertiary/aromatic N) is 2. The highest BCUT2D eigenvalue weighted by atomic mass is 32.2. The van der Waals surface area contributed by atoms with Crippen molar-refractivity contribution in [1.29, 1.82) is 0 Å². The molecule has 0 bridgehead atoms. The summed E-state index contributed by atoms with van der Waals surface area (Å²) in [7, 11) is -3.97. The molecule has 37 heavy (non-hydrogen) atoms. The molecule has 7 heteroatoms. The third-order valence-corrected chi connectivity index (χ3v) is 7.54. The molecule has 0 saturated heterocycles. The summed E-state index contributed by atoms with van der Waals surface area (Å²) in [5.74, 6) is 0.428. The van der Waals surface area contributed by atoms with E-state index in [1.807, 2.05) is 12.1 Å². The molecule has 0 unspecified atom stereocenters. The van der Waals surface area contributed by atoms with E-state index in [-0.39, 0.29) is 24.7 Å². The van der Waals surface area contributed by atoms with Crippen LogP contribution in [0.4, 0.5) is 11.4 Å². The van der Waals surface area contributed by atoms with E-state index in [1.165, 1.54) is 22.5 Å². The van der Waals surface area contributed by atoms with E-state index in [2.05, 4.69) is 98.2 Å². The Morgan fingerprint density at radius 2 is 1.05 bits per heavy atom. The molecule has 3 rings (SSSR count). The quantitative estimate of drug-likeness (QED) is 0.153. The Labute approximate surface area is 222 Å². The number of rotatable bonds is 14. The molecule has 6 nitrogen and oxygen atoms in total. The first kappa shape index (κ1) is 28.5. The van der Waals surface area contributed by atoms with E-state index < -0.39 is 10.1 Å². The second-order valence-electron chi connectivity index (χ2n) is 9.02. The molecule has 0 amide bonds. The van der Waals surface area contributed by atoms with Crippen molar-refractivity contribution < 1.29 is 17.7 Å². The number of anilines is 2. The average Bonchev–Trinajstić information content (AvgIpc) is 2.90. The van der Waals surface area contributed by atoms with Crippen molar-refractivity contribution >= 4 is 21.5 Å². The van der Waals surface area contributed by atoms with Gasteiger partial charge in [0.25, 0.3) is 10.1 Å². The van der Waals surface area contributed by atoms with Gasteiger partial charge in [0.2, 0.25) is 0 Å². The first-order chi connectivity index (χ1) is 17.8. The Morgan fingerprint density at radius 3 is 1.41 bits per heavy atom. The molecule has 0 aliphatic rings. The molecule has 0 saturated carbocycles. The predicted octanol–water partition coefficient (Wildman–Crippen LogP) is 6.22. The zero-order valence-corrected chi connectivity index (χ0v) is 23.2. The van der Waals surface area contributed by atoms with E-state index in [9.17, 15) is 8.42 Å². The van der Waals surface area contributed by atoms with Gasteiger partial charge in [-0.25, -0.2) is 0 Å². The molecule has 0 spiro atoms. The molecule has 0 heterocycles. The summed E-state index contributed by atoms with van der Waals surface area (Å²) in [6.07, 6.45) is 0.237. The van der Waals surface area contributed by atoms with Crippen LogP contribution in [0.3, 0.4) is 0 Å². The maximum atomic E-state index is 10.9.